The van der Waals surface area contributed by atoms with Gasteiger partial charge in [-0.15, -0.1) is 0 Å². The number of pyridine rings is 1. The zero-order valence-electron chi connectivity index (χ0n) is 28.9. The van der Waals surface area contributed by atoms with Crippen molar-refractivity contribution in [2.45, 2.75) is 103 Å². The minimum atomic E-state index is -1.09. The Kier molecular flexibility index (Phi) is 10.6. The van der Waals surface area contributed by atoms with Gasteiger partial charge in [-0.25, -0.2) is 9.59 Å². The lowest BCUT2D eigenvalue weighted by Gasteiger charge is -2.34. The van der Waals surface area contributed by atoms with Crippen molar-refractivity contribution in [1.29, 1.82) is 0 Å². The number of ether oxygens (including phenoxy) is 3. The van der Waals surface area contributed by atoms with Crippen molar-refractivity contribution in [3.05, 3.63) is 65.4 Å². The lowest BCUT2D eigenvalue weighted by atomic mass is 9.83. The van der Waals surface area contributed by atoms with Crippen LogP contribution in [0.15, 0.2) is 48.5 Å². The van der Waals surface area contributed by atoms with Crippen LogP contribution in [-0.2, 0) is 33.6 Å². The molecule has 4 bridgehead atoms. The molecule has 1 aliphatic carbocycles. The van der Waals surface area contributed by atoms with Gasteiger partial charge >= 0.3 is 12.1 Å². The van der Waals surface area contributed by atoms with E-state index in [4.69, 9.17) is 19.2 Å². The first-order valence-electron chi connectivity index (χ1n) is 17.8. The molecule has 2 amide bonds. The number of nitrogens with zero attached hydrogens (tertiary/aromatic N) is 2. The lowest BCUT2D eigenvalue weighted by molar-refractivity contribution is -0.149. The molecule has 2 N–H and O–H groups in total. The predicted octanol–water partition coefficient (Wildman–Crippen LogP) is 6.50. The zero-order chi connectivity index (χ0) is 34.5. The van der Waals surface area contributed by atoms with Gasteiger partial charge in [0, 0.05) is 29.6 Å². The molecule has 1 saturated heterocycles. The van der Waals surface area contributed by atoms with Gasteiger partial charge in [0.25, 0.3) is 0 Å². The SMILES string of the molecule is COc1cc2nc(CCc3ccccc3)cc3c2cc1CCCC(C)(C)COC(=O)N[C@@H](C1CCCCC1)C(=O)N1C[C@@H](C[C@H]1C(=O)O)O3. The van der Waals surface area contributed by atoms with Crippen LogP contribution in [0, 0.1) is 11.3 Å². The van der Waals surface area contributed by atoms with Crippen molar-refractivity contribution in [3.63, 3.8) is 0 Å². The number of hydrogen-bond acceptors (Lipinski definition) is 7. The van der Waals surface area contributed by atoms with Crippen LogP contribution < -0.4 is 14.8 Å². The number of aryl methyl sites for hydroxylation is 3. The Bertz CT molecular complexity index is 1650. The number of aromatic nitrogens is 1. The van der Waals surface area contributed by atoms with E-state index in [9.17, 15) is 19.5 Å². The summed E-state index contributed by atoms with van der Waals surface area (Å²) in [5.74, 6) is -0.213. The molecule has 262 valence electrons. The third-order valence-corrected chi connectivity index (χ3v) is 10.4. The maximum atomic E-state index is 14.3. The standard InChI is InChI=1S/C39H49N3O7/c1-39(2)18-10-15-27-19-30-31(22-33(27)47-3)40-28(17-16-25-11-6-4-7-12-25)20-34(30)49-29-21-32(37(44)45)42(23-29)36(43)35(41-38(46)48-24-39)26-13-8-5-9-14-26/h4,6-7,11-12,19-20,22,26,29,32,35H,5,8-10,13-18,21,23-24H2,1-3H3,(H,41,46)(H,44,45)/t29-,32+,35+/m1/s1. The van der Waals surface area contributed by atoms with E-state index >= 15 is 0 Å². The second kappa shape index (κ2) is 15.0. The number of cyclic esters (lactones) is 1. The summed E-state index contributed by atoms with van der Waals surface area (Å²) < 4.78 is 18.3. The summed E-state index contributed by atoms with van der Waals surface area (Å²) in [6.45, 7) is 4.41. The number of alkyl carbamates (subject to hydrolysis) is 1. The van der Waals surface area contributed by atoms with Gasteiger partial charge in [-0.3, -0.25) is 9.78 Å². The van der Waals surface area contributed by atoms with E-state index in [1.54, 1.807) is 7.11 Å². The number of hydrogen-bond donors (Lipinski definition) is 2. The summed E-state index contributed by atoms with van der Waals surface area (Å²) in [6.07, 6.45) is 7.34. The number of rotatable bonds is 6. The molecular formula is C39H49N3O7. The third-order valence-electron chi connectivity index (χ3n) is 10.4. The van der Waals surface area contributed by atoms with Crippen LogP contribution in [0.4, 0.5) is 4.79 Å². The van der Waals surface area contributed by atoms with Crippen LogP contribution in [-0.4, -0.2) is 71.4 Å². The average Bonchev–Trinajstić information content (AvgIpc) is 3.53. The number of carboxylic acid groups (broad SMARTS) is 1. The molecule has 2 fully saturated rings. The van der Waals surface area contributed by atoms with Gasteiger partial charge in [-0.05, 0) is 73.5 Å². The van der Waals surface area contributed by atoms with Gasteiger partial charge in [0.1, 0.15) is 29.7 Å². The largest absolute Gasteiger partial charge is 0.496 e. The molecule has 10 nitrogen and oxygen atoms in total. The zero-order valence-corrected chi connectivity index (χ0v) is 28.9. The Balaban J connectivity index is 1.38. The first kappa shape index (κ1) is 34.5. The molecule has 0 spiro atoms. The molecule has 3 heterocycles. The maximum absolute atomic E-state index is 14.3. The van der Waals surface area contributed by atoms with Gasteiger partial charge in [0.2, 0.25) is 5.91 Å². The van der Waals surface area contributed by atoms with Crippen LogP contribution in [0.5, 0.6) is 11.5 Å². The minimum Gasteiger partial charge on any atom is -0.496 e. The van der Waals surface area contributed by atoms with E-state index in [-0.39, 0.29) is 30.9 Å². The minimum absolute atomic E-state index is 0.0912. The fraction of sp³-hybridized carbons (Fsp3) is 0.538. The summed E-state index contributed by atoms with van der Waals surface area (Å²) in [6, 6.07) is 14.3. The average molecular weight is 672 g/mol. The Labute approximate surface area is 288 Å². The van der Waals surface area contributed by atoms with E-state index in [0.29, 0.717) is 12.2 Å². The molecule has 2 aromatic carbocycles. The lowest BCUT2D eigenvalue weighted by Crippen LogP contribution is -2.55. The summed E-state index contributed by atoms with van der Waals surface area (Å²) >= 11 is 0. The van der Waals surface area contributed by atoms with Crippen LogP contribution in [0.3, 0.4) is 0 Å². The molecule has 10 heteroatoms. The molecule has 1 saturated carbocycles. The highest BCUT2D eigenvalue weighted by Gasteiger charge is 2.45. The fourth-order valence-corrected chi connectivity index (χ4v) is 7.67. The second-order valence-corrected chi connectivity index (χ2v) is 14.7. The molecule has 0 radical (unpaired) electrons. The summed E-state index contributed by atoms with van der Waals surface area (Å²) in [5.41, 5.74) is 3.50. The van der Waals surface area contributed by atoms with Crippen molar-refractivity contribution in [2.24, 2.45) is 11.3 Å². The number of aliphatic carboxylic acids is 1. The van der Waals surface area contributed by atoms with Crippen molar-refractivity contribution < 1.29 is 33.7 Å². The van der Waals surface area contributed by atoms with Gasteiger partial charge in [-0.1, -0.05) is 63.4 Å². The highest BCUT2D eigenvalue weighted by Crippen LogP contribution is 2.36. The molecule has 2 aliphatic heterocycles. The topological polar surface area (TPSA) is 127 Å². The van der Waals surface area contributed by atoms with Gasteiger partial charge in [-0.2, -0.15) is 0 Å². The predicted molar refractivity (Wildman–Crippen MR) is 186 cm³/mol. The molecular weight excluding hydrogens is 622 g/mol. The molecule has 3 aromatic rings. The Hall–Kier alpha value is -4.34. The monoisotopic (exact) mass is 671 g/mol. The fourth-order valence-electron chi connectivity index (χ4n) is 7.67. The number of carbonyl (C=O) groups is 3. The smallest absolute Gasteiger partial charge is 0.407 e. The molecule has 3 atom stereocenters. The summed E-state index contributed by atoms with van der Waals surface area (Å²) in [7, 11) is 1.66. The quantitative estimate of drug-likeness (QED) is 0.304. The number of methoxy groups -OCH3 is 1. The number of nitrogens with one attached hydrogen (secondary N) is 1. The Morgan fingerprint density at radius 2 is 1.84 bits per heavy atom. The van der Waals surface area contributed by atoms with Crippen molar-refractivity contribution in [3.8, 4) is 11.5 Å². The summed E-state index contributed by atoms with van der Waals surface area (Å²) in [5, 5.41) is 14.0. The van der Waals surface area contributed by atoms with Crippen molar-refractivity contribution in [2.75, 3.05) is 20.3 Å². The second-order valence-electron chi connectivity index (χ2n) is 14.7. The highest BCUT2D eigenvalue weighted by atomic mass is 16.5. The van der Waals surface area contributed by atoms with Crippen LogP contribution in [0.2, 0.25) is 0 Å². The number of fused-ring (bicyclic) bond motifs is 3. The normalized spacial score (nSPS) is 23.7. The van der Waals surface area contributed by atoms with Crippen LogP contribution >= 0.6 is 0 Å². The third kappa shape index (κ3) is 8.28. The Morgan fingerprint density at radius 1 is 1.06 bits per heavy atom. The Morgan fingerprint density at radius 3 is 2.57 bits per heavy atom. The molecule has 0 unspecified atom stereocenters. The van der Waals surface area contributed by atoms with Gasteiger partial charge < -0.3 is 29.5 Å². The molecule has 49 heavy (non-hydrogen) atoms. The number of benzene rings is 2. The van der Waals surface area contributed by atoms with E-state index in [1.165, 1.54) is 10.5 Å². The van der Waals surface area contributed by atoms with Crippen molar-refractivity contribution >= 4 is 28.9 Å². The van der Waals surface area contributed by atoms with E-state index < -0.39 is 36.2 Å². The van der Waals surface area contributed by atoms with Crippen LogP contribution in [0.1, 0.15) is 82.0 Å². The van der Waals surface area contributed by atoms with E-state index in [2.05, 4.69) is 37.4 Å². The number of carboxylic acids is 1. The maximum Gasteiger partial charge on any atom is 0.407 e. The van der Waals surface area contributed by atoms with Gasteiger partial charge in [0.15, 0.2) is 0 Å². The number of amides is 2. The van der Waals surface area contributed by atoms with Gasteiger partial charge in [0.05, 0.1) is 25.8 Å². The highest BCUT2D eigenvalue weighted by molar-refractivity contribution is 5.90. The van der Waals surface area contributed by atoms with E-state index in [0.717, 1.165) is 85.7 Å². The molecule has 3 aliphatic rings. The first-order chi connectivity index (χ1) is 23.6. The first-order valence-corrected chi connectivity index (χ1v) is 17.8. The molecule has 6 rings (SSSR count). The van der Waals surface area contributed by atoms with Crippen molar-refractivity contribution in [1.82, 2.24) is 15.2 Å². The van der Waals surface area contributed by atoms with E-state index in [1.807, 2.05) is 30.3 Å². The summed E-state index contributed by atoms with van der Waals surface area (Å²) in [4.78, 5) is 46.5. The number of carbonyl (C=O) groups excluding carboxylic acids is 2. The molecule has 1 aromatic heterocycles. The van der Waals surface area contributed by atoms with Crippen LogP contribution in [0.25, 0.3) is 10.9 Å².